The zero-order valence-electron chi connectivity index (χ0n) is 6.90. The molecule has 13 heavy (non-hydrogen) atoms. The maximum Gasteiger partial charge on any atom is 0.273 e. The number of aromatic nitrogens is 3. The van der Waals surface area contributed by atoms with Crippen molar-refractivity contribution in [1.82, 2.24) is 20.7 Å². The number of hydrogen-bond donors (Lipinski definition) is 3. The minimum absolute atomic E-state index is 0.0826. The standard InChI is InChI=1S/C7H10N4O2/c12-5-1-4(2-5)9-7(13)6-3-8-11-10-6/h3-5,12H,1-2H2,(H,9,13)(H,8,10,11). The van der Waals surface area contributed by atoms with Gasteiger partial charge in [0.05, 0.1) is 12.3 Å². The summed E-state index contributed by atoms with van der Waals surface area (Å²) in [6.45, 7) is 0. The number of aliphatic hydroxyl groups excluding tert-OH is 1. The van der Waals surface area contributed by atoms with Crippen molar-refractivity contribution in [1.29, 1.82) is 0 Å². The number of hydrogen-bond acceptors (Lipinski definition) is 4. The molecule has 1 fully saturated rings. The number of amides is 1. The Morgan fingerprint density at radius 1 is 1.69 bits per heavy atom. The Kier molecular flexibility index (Phi) is 1.97. The third-order valence-electron chi connectivity index (χ3n) is 2.10. The Labute approximate surface area is 74.3 Å². The fourth-order valence-electron chi connectivity index (χ4n) is 1.28. The van der Waals surface area contributed by atoms with Gasteiger partial charge in [-0.2, -0.15) is 15.4 Å². The molecule has 0 radical (unpaired) electrons. The number of carbonyl (C=O) groups is 1. The number of carbonyl (C=O) groups excluding carboxylic acids is 1. The Morgan fingerprint density at radius 3 is 3.00 bits per heavy atom. The van der Waals surface area contributed by atoms with Crippen LogP contribution in [-0.4, -0.2) is 38.6 Å². The molecule has 1 heterocycles. The van der Waals surface area contributed by atoms with Gasteiger partial charge in [0.15, 0.2) is 5.69 Å². The molecule has 6 heteroatoms. The van der Waals surface area contributed by atoms with Crippen molar-refractivity contribution in [3.63, 3.8) is 0 Å². The van der Waals surface area contributed by atoms with E-state index in [-0.39, 0.29) is 23.7 Å². The minimum atomic E-state index is -0.261. The summed E-state index contributed by atoms with van der Waals surface area (Å²) in [5.74, 6) is -0.245. The second-order valence-corrected chi connectivity index (χ2v) is 3.15. The summed E-state index contributed by atoms with van der Waals surface area (Å²) < 4.78 is 0. The molecule has 0 unspecified atom stereocenters. The monoisotopic (exact) mass is 182 g/mol. The first kappa shape index (κ1) is 8.18. The zero-order valence-corrected chi connectivity index (χ0v) is 6.90. The van der Waals surface area contributed by atoms with Gasteiger partial charge in [0.2, 0.25) is 0 Å². The summed E-state index contributed by atoms with van der Waals surface area (Å²) in [4.78, 5) is 11.3. The van der Waals surface area contributed by atoms with Gasteiger partial charge in [-0.05, 0) is 12.8 Å². The van der Waals surface area contributed by atoms with Crippen LogP contribution in [0, 0.1) is 0 Å². The quantitative estimate of drug-likeness (QED) is 0.550. The van der Waals surface area contributed by atoms with E-state index in [2.05, 4.69) is 20.7 Å². The molecule has 6 nitrogen and oxygen atoms in total. The van der Waals surface area contributed by atoms with Crippen molar-refractivity contribution in [2.45, 2.75) is 25.0 Å². The second kappa shape index (κ2) is 3.14. The second-order valence-electron chi connectivity index (χ2n) is 3.15. The summed E-state index contributed by atoms with van der Waals surface area (Å²) in [7, 11) is 0. The van der Waals surface area contributed by atoms with E-state index in [1.165, 1.54) is 6.20 Å². The van der Waals surface area contributed by atoms with Crippen LogP contribution in [0.3, 0.4) is 0 Å². The molecular weight excluding hydrogens is 172 g/mol. The molecule has 1 saturated carbocycles. The summed E-state index contributed by atoms with van der Waals surface area (Å²) in [6, 6.07) is 0.0826. The highest BCUT2D eigenvalue weighted by Gasteiger charge is 2.28. The van der Waals surface area contributed by atoms with Crippen molar-refractivity contribution >= 4 is 5.91 Å². The van der Waals surface area contributed by atoms with Crippen molar-refractivity contribution in [2.24, 2.45) is 0 Å². The first-order valence-corrected chi connectivity index (χ1v) is 4.10. The number of H-pyrrole nitrogens is 1. The lowest BCUT2D eigenvalue weighted by Gasteiger charge is -2.31. The molecule has 3 N–H and O–H groups in total. The fourth-order valence-corrected chi connectivity index (χ4v) is 1.28. The highest BCUT2D eigenvalue weighted by atomic mass is 16.3. The van der Waals surface area contributed by atoms with E-state index in [0.717, 1.165) is 0 Å². The van der Waals surface area contributed by atoms with E-state index in [1.807, 2.05) is 0 Å². The minimum Gasteiger partial charge on any atom is -0.393 e. The summed E-state index contributed by atoms with van der Waals surface area (Å²) in [6.07, 6.45) is 2.36. The fraction of sp³-hybridized carbons (Fsp3) is 0.571. The van der Waals surface area contributed by atoms with Crippen molar-refractivity contribution < 1.29 is 9.90 Å². The third-order valence-corrected chi connectivity index (χ3v) is 2.10. The van der Waals surface area contributed by atoms with E-state index in [9.17, 15) is 4.79 Å². The average Bonchev–Trinajstić information content (AvgIpc) is 2.53. The highest BCUT2D eigenvalue weighted by Crippen LogP contribution is 2.19. The molecule has 0 atom stereocenters. The van der Waals surface area contributed by atoms with Crippen molar-refractivity contribution in [2.75, 3.05) is 0 Å². The van der Waals surface area contributed by atoms with E-state index < -0.39 is 0 Å². The summed E-state index contributed by atoms with van der Waals surface area (Å²) in [5, 5.41) is 21.2. The molecule has 0 aliphatic heterocycles. The predicted octanol–water partition coefficient (Wildman–Crippen LogP) is -0.942. The number of rotatable bonds is 2. The smallest absolute Gasteiger partial charge is 0.273 e. The van der Waals surface area contributed by atoms with E-state index in [0.29, 0.717) is 12.8 Å². The van der Waals surface area contributed by atoms with Gasteiger partial charge in [-0.1, -0.05) is 0 Å². The lowest BCUT2D eigenvalue weighted by Crippen LogP contribution is -2.46. The Bertz CT molecular complexity index is 291. The van der Waals surface area contributed by atoms with Gasteiger partial charge in [0.1, 0.15) is 0 Å². The zero-order chi connectivity index (χ0) is 9.26. The maximum atomic E-state index is 11.3. The van der Waals surface area contributed by atoms with E-state index in [4.69, 9.17) is 5.11 Å². The Balaban J connectivity index is 1.86. The van der Waals surface area contributed by atoms with Crippen LogP contribution in [0.5, 0.6) is 0 Å². The molecule has 0 aromatic carbocycles. The van der Waals surface area contributed by atoms with Gasteiger partial charge in [0.25, 0.3) is 5.91 Å². The number of nitrogens with one attached hydrogen (secondary N) is 2. The number of nitrogens with zero attached hydrogens (tertiary/aromatic N) is 2. The summed E-state index contributed by atoms with van der Waals surface area (Å²) >= 11 is 0. The molecular formula is C7H10N4O2. The Morgan fingerprint density at radius 2 is 2.46 bits per heavy atom. The molecule has 0 bridgehead atoms. The van der Waals surface area contributed by atoms with Crippen LogP contribution in [0.1, 0.15) is 23.3 Å². The van der Waals surface area contributed by atoms with Gasteiger partial charge in [-0.25, -0.2) is 0 Å². The van der Waals surface area contributed by atoms with Crippen LogP contribution in [-0.2, 0) is 0 Å². The van der Waals surface area contributed by atoms with Gasteiger partial charge < -0.3 is 10.4 Å². The first-order valence-electron chi connectivity index (χ1n) is 4.10. The van der Waals surface area contributed by atoms with Gasteiger partial charge >= 0.3 is 0 Å². The maximum absolute atomic E-state index is 11.3. The normalized spacial score (nSPS) is 26.5. The average molecular weight is 182 g/mol. The lowest BCUT2D eigenvalue weighted by molar-refractivity contribution is 0.0560. The Hall–Kier alpha value is -1.43. The van der Waals surface area contributed by atoms with Crippen LogP contribution in [0.25, 0.3) is 0 Å². The molecule has 2 rings (SSSR count). The lowest BCUT2D eigenvalue weighted by atomic mass is 9.89. The van der Waals surface area contributed by atoms with Crippen LogP contribution in [0.15, 0.2) is 6.20 Å². The van der Waals surface area contributed by atoms with Crippen LogP contribution in [0.4, 0.5) is 0 Å². The molecule has 1 aromatic rings. The molecule has 1 aliphatic rings. The molecule has 1 aromatic heterocycles. The van der Waals surface area contributed by atoms with E-state index in [1.54, 1.807) is 0 Å². The third kappa shape index (κ3) is 1.67. The number of aliphatic hydroxyl groups is 1. The van der Waals surface area contributed by atoms with E-state index >= 15 is 0 Å². The molecule has 0 saturated heterocycles. The van der Waals surface area contributed by atoms with Gasteiger partial charge in [0, 0.05) is 6.04 Å². The largest absolute Gasteiger partial charge is 0.393 e. The van der Waals surface area contributed by atoms with Gasteiger partial charge in [-0.15, -0.1) is 0 Å². The topological polar surface area (TPSA) is 90.9 Å². The SMILES string of the molecule is O=C(NC1CC(O)C1)c1cn[nH]n1. The molecule has 1 amide bonds. The predicted molar refractivity (Wildman–Crippen MR) is 42.9 cm³/mol. The first-order chi connectivity index (χ1) is 6.25. The molecule has 1 aliphatic carbocycles. The van der Waals surface area contributed by atoms with Crippen LogP contribution < -0.4 is 5.32 Å². The number of aromatic amines is 1. The van der Waals surface area contributed by atoms with Gasteiger partial charge in [-0.3, -0.25) is 4.79 Å². The highest BCUT2D eigenvalue weighted by molar-refractivity contribution is 5.92. The molecule has 0 spiro atoms. The van der Waals surface area contributed by atoms with Crippen LogP contribution in [0.2, 0.25) is 0 Å². The van der Waals surface area contributed by atoms with Crippen LogP contribution >= 0.6 is 0 Å². The summed E-state index contributed by atoms with van der Waals surface area (Å²) in [5.41, 5.74) is 0.279. The molecule has 70 valence electrons. The van der Waals surface area contributed by atoms with Crippen molar-refractivity contribution in [3.8, 4) is 0 Å². The van der Waals surface area contributed by atoms with Crippen molar-refractivity contribution in [3.05, 3.63) is 11.9 Å².